The third kappa shape index (κ3) is 4.16. The van der Waals surface area contributed by atoms with E-state index in [9.17, 15) is 5.11 Å². The van der Waals surface area contributed by atoms with Gasteiger partial charge in [-0.1, -0.05) is 58.4 Å². The summed E-state index contributed by atoms with van der Waals surface area (Å²) in [6.07, 6.45) is -0.383. The van der Waals surface area contributed by atoms with Crippen molar-refractivity contribution in [1.29, 1.82) is 0 Å². The topological polar surface area (TPSA) is 20.2 Å². The molecule has 0 aliphatic carbocycles. The van der Waals surface area contributed by atoms with Crippen LogP contribution in [0.4, 0.5) is 0 Å². The van der Waals surface area contributed by atoms with Crippen LogP contribution < -0.4 is 0 Å². The second-order valence-electron chi connectivity index (χ2n) is 4.07. The lowest BCUT2D eigenvalue weighted by molar-refractivity contribution is 0.204. The molecule has 1 nitrogen and oxygen atoms in total. The number of benzene rings is 2. The third-order valence-corrected chi connectivity index (χ3v) is 4.26. The Morgan fingerprint density at radius 2 is 1.67 bits per heavy atom. The maximum atomic E-state index is 10.0. The number of aliphatic hydroxyl groups excluding tert-OH is 1. The number of rotatable bonds is 5. The maximum absolute atomic E-state index is 10.0. The Balaban J connectivity index is 1.80. The van der Waals surface area contributed by atoms with Gasteiger partial charge in [-0.3, -0.25) is 0 Å². The van der Waals surface area contributed by atoms with Gasteiger partial charge >= 0.3 is 0 Å². The van der Waals surface area contributed by atoms with E-state index in [-0.39, 0.29) is 6.10 Å². The predicted molar refractivity (Wildman–Crippen MR) is 81.7 cm³/mol. The monoisotopic (exact) mass is 322 g/mol. The fourth-order valence-electron chi connectivity index (χ4n) is 1.64. The van der Waals surface area contributed by atoms with E-state index in [1.165, 1.54) is 5.56 Å². The lowest BCUT2D eigenvalue weighted by Crippen LogP contribution is -2.00. The fourth-order valence-corrected chi connectivity index (χ4v) is 2.87. The van der Waals surface area contributed by atoms with Crippen molar-refractivity contribution in [2.24, 2.45) is 0 Å². The summed E-state index contributed by atoms with van der Waals surface area (Å²) in [7, 11) is 0. The van der Waals surface area contributed by atoms with Crippen molar-refractivity contribution < 1.29 is 5.11 Å². The van der Waals surface area contributed by atoms with Crippen LogP contribution in [-0.2, 0) is 5.75 Å². The molecule has 18 heavy (non-hydrogen) atoms. The molecule has 0 amide bonds. The summed E-state index contributed by atoms with van der Waals surface area (Å²) < 4.78 is 1.10. The lowest BCUT2D eigenvalue weighted by Gasteiger charge is -2.10. The summed E-state index contributed by atoms with van der Waals surface area (Å²) in [4.78, 5) is 0. The molecule has 94 valence electrons. The molecule has 0 aliphatic rings. The Hall–Kier alpha value is -0.770. The standard InChI is InChI=1S/C15H15BrOS/c16-14-8-6-12(7-9-14)10-18-11-15(17)13-4-2-1-3-5-13/h1-9,15,17H,10-11H2. The van der Waals surface area contributed by atoms with Crippen LogP contribution in [0, 0.1) is 0 Å². The molecule has 1 atom stereocenters. The van der Waals surface area contributed by atoms with Gasteiger partial charge in [0.2, 0.25) is 0 Å². The zero-order chi connectivity index (χ0) is 12.8. The molecule has 0 fully saturated rings. The van der Waals surface area contributed by atoms with Crippen LogP contribution in [0.3, 0.4) is 0 Å². The molecule has 0 heterocycles. The Morgan fingerprint density at radius 1 is 1.00 bits per heavy atom. The first-order valence-electron chi connectivity index (χ1n) is 5.81. The highest BCUT2D eigenvalue weighted by Gasteiger charge is 2.06. The highest BCUT2D eigenvalue weighted by Crippen LogP contribution is 2.21. The minimum absolute atomic E-state index is 0.383. The number of halogens is 1. The van der Waals surface area contributed by atoms with Gasteiger partial charge in [0, 0.05) is 16.0 Å². The molecule has 2 rings (SSSR count). The molecule has 2 aromatic rings. The number of aliphatic hydroxyl groups is 1. The van der Waals surface area contributed by atoms with Crippen molar-refractivity contribution >= 4 is 27.7 Å². The Labute approximate surface area is 120 Å². The first kappa shape index (κ1) is 13.7. The van der Waals surface area contributed by atoms with Crippen molar-refractivity contribution in [2.75, 3.05) is 5.75 Å². The molecule has 2 aromatic carbocycles. The van der Waals surface area contributed by atoms with Crippen molar-refractivity contribution in [3.63, 3.8) is 0 Å². The lowest BCUT2D eigenvalue weighted by atomic mass is 10.1. The van der Waals surface area contributed by atoms with Gasteiger partial charge in [0.15, 0.2) is 0 Å². The van der Waals surface area contributed by atoms with E-state index in [2.05, 4.69) is 28.1 Å². The summed E-state index contributed by atoms with van der Waals surface area (Å²) >= 11 is 5.17. The first-order valence-corrected chi connectivity index (χ1v) is 7.75. The Kier molecular flexibility index (Phi) is 5.29. The van der Waals surface area contributed by atoms with Gasteiger partial charge in [-0.15, -0.1) is 0 Å². The second kappa shape index (κ2) is 6.98. The van der Waals surface area contributed by atoms with E-state index in [1.807, 2.05) is 42.5 Å². The average Bonchev–Trinajstić information content (AvgIpc) is 2.42. The number of thioether (sulfide) groups is 1. The molecule has 0 saturated heterocycles. The first-order chi connectivity index (χ1) is 8.75. The van der Waals surface area contributed by atoms with E-state index >= 15 is 0 Å². The molecular weight excluding hydrogens is 308 g/mol. The molecule has 1 N–H and O–H groups in total. The number of hydrogen-bond donors (Lipinski definition) is 1. The predicted octanol–water partition coefficient (Wildman–Crippen LogP) is 4.42. The van der Waals surface area contributed by atoms with Gasteiger partial charge < -0.3 is 5.11 Å². The minimum atomic E-state index is -0.383. The Morgan fingerprint density at radius 3 is 2.33 bits per heavy atom. The summed E-state index contributed by atoms with van der Waals surface area (Å²) in [5.74, 6) is 1.65. The van der Waals surface area contributed by atoms with Gasteiger partial charge in [0.05, 0.1) is 6.10 Å². The zero-order valence-corrected chi connectivity index (χ0v) is 12.3. The van der Waals surface area contributed by atoms with Crippen LogP contribution in [0.1, 0.15) is 17.2 Å². The van der Waals surface area contributed by atoms with E-state index in [0.717, 1.165) is 21.5 Å². The molecular formula is C15H15BrOS. The van der Waals surface area contributed by atoms with Crippen LogP contribution in [-0.4, -0.2) is 10.9 Å². The van der Waals surface area contributed by atoms with Crippen molar-refractivity contribution in [2.45, 2.75) is 11.9 Å². The van der Waals surface area contributed by atoms with E-state index < -0.39 is 0 Å². The summed E-state index contributed by atoms with van der Waals surface area (Å²) in [5, 5.41) is 10.0. The van der Waals surface area contributed by atoms with Gasteiger partial charge in [-0.05, 0) is 23.3 Å². The van der Waals surface area contributed by atoms with Crippen molar-refractivity contribution in [3.8, 4) is 0 Å². The fraction of sp³-hybridized carbons (Fsp3) is 0.200. The van der Waals surface area contributed by atoms with Crippen LogP contribution in [0.5, 0.6) is 0 Å². The SMILES string of the molecule is OC(CSCc1ccc(Br)cc1)c1ccccc1. The minimum Gasteiger partial charge on any atom is -0.388 e. The van der Waals surface area contributed by atoms with Crippen molar-refractivity contribution in [3.05, 3.63) is 70.2 Å². The summed E-state index contributed by atoms with van der Waals surface area (Å²) in [6.45, 7) is 0. The highest BCUT2D eigenvalue weighted by atomic mass is 79.9. The number of hydrogen-bond acceptors (Lipinski definition) is 2. The van der Waals surface area contributed by atoms with E-state index in [0.29, 0.717) is 0 Å². The van der Waals surface area contributed by atoms with Crippen LogP contribution >= 0.6 is 27.7 Å². The third-order valence-electron chi connectivity index (χ3n) is 2.64. The van der Waals surface area contributed by atoms with E-state index in [4.69, 9.17) is 0 Å². The van der Waals surface area contributed by atoms with Gasteiger partial charge in [0.25, 0.3) is 0 Å². The van der Waals surface area contributed by atoms with Crippen molar-refractivity contribution in [1.82, 2.24) is 0 Å². The normalized spacial score (nSPS) is 12.3. The van der Waals surface area contributed by atoms with Gasteiger partial charge in [0.1, 0.15) is 0 Å². The van der Waals surface area contributed by atoms with Crippen LogP contribution in [0.2, 0.25) is 0 Å². The average molecular weight is 323 g/mol. The van der Waals surface area contributed by atoms with Crippen LogP contribution in [0.15, 0.2) is 59.1 Å². The quantitative estimate of drug-likeness (QED) is 0.879. The summed E-state index contributed by atoms with van der Waals surface area (Å²) in [6, 6.07) is 18.1. The largest absolute Gasteiger partial charge is 0.388 e. The molecule has 0 aromatic heterocycles. The molecule has 0 bridgehead atoms. The van der Waals surface area contributed by atoms with E-state index in [1.54, 1.807) is 11.8 Å². The highest BCUT2D eigenvalue weighted by molar-refractivity contribution is 9.10. The zero-order valence-electron chi connectivity index (χ0n) is 9.92. The van der Waals surface area contributed by atoms with Gasteiger partial charge in [-0.25, -0.2) is 0 Å². The molecule has 3 heteroatoms. The maximum Gasteiger partial charge on any atom is 0.0880 e. The van der Waals surface area contributed by atoms with Gasteiger partial charge in [-0.2, -0.15) is 11.8 Å². The summed E-state index contributed by atoms with van der Waals surface area (Å²) in [5.41, 5.74) is 2.27. The molecule has 0 spiro atoms. The molecule has 1 unspecified atom stereocenters. The Bertz CT molecular complexity index is 470. The smallest absolute Gasteiger partial charge is 0.0880 e. The molecule has 0 aliphatic heterocycles. The van der Waals surface area contributed by atoms with Crippen LogP contribution in [0.25, 0.3) is 0 Å². The molecule has 0 saturated carbocycles. The molecule has 0 radical (unpaired) electrons. The second-order valence-corrected chi connectivity index (χ2v) is 6.01.